The Kier molecular flexibility index (Phi) is 7.79. The Morgan fingerprint density at radius 1 is 0.829 bits per heavy atom. The van der Waals surface area contributed by atoms with Gasteiger partial charge in [0, 0.05) is 22.3 Å². The Balaban J connectivity index is 1.54. The van der Waals surface area contributed by atoms with Crippen molar-refractivity contribution in [2.24, 2.45) is 0 Å². The van der Waals surface area contributed by atoms with Gasteiger partial charge in [0.05, 0.1) is 15.5 Å². The van der Waals surface area contributed by atoms with Crippen LogP contribution in [-0.2, 0) is 24.8 Å². The predicted molar refractivity (Wildman–Crippen MR) is 143 cm³/mol. The van der Waals surface area contributed by atoms with Crippen LogP contribution in [0.5, 0.6) is 0 Å². The van der Waals surface area contributed by atoms with E-state index in [0.717, 1.165) is 20.7 Å². The van der Waals surface area contributed by atoms with Crippen molar-refractivity contribution in [1.29, 1.82) is 0 Å². The lowest BCUT2D eigenvalue weighted by molar-refractivity contribution is -0.114. The summed E-state index contributed by atoms with van der Waals surface area (Å²) in [5.41, 5.74) is 0.728. The molecule has 0 aromatic heterocycles. The third-order valence-electron chi connectivity index (χ3n) is 5.57. The highest BCUT2D eigenvalue weighted by molar-refractivity contribution is 14.1. The second-order valence-electron chi connectivity index (χ2n) is 7.98. The number of anilines is 2. The molecule has 4 rings (SSSR count). The van der Waals surface area contributed by atoms with Crippen molar-refractivity contribution in [1.82, 2.24) is 4.31 Å². The van der Waals surface area contributed by atoms with Crippen molar-refractivity contribution < 1.29 is 21.6 Å². The molecule has 1 aliphatic heterocycles. The molecule has 0 radical (unpaired) electrons. The number of halogens is 1. The molecule has 8 nitrogen and oxygen atoms in total. The van der Waals surface area contributed by atoms with E-state index >= 15 is 0 Å². The zero-order valence-electron chi connectivity index (χ0n) is 18.7. The van der Waals surface area contributed by atoms with E-state index in [1.807, 2.05) is 0 Å². The fourth-order valence-corrected chi connectivity index (χ4v) is 7.08. The number of hydrogen-bond donors (Lipinski definition) is 1. The molecular formula is C24H24IN3O5S2. The summed E-state index contributed by atoms with van der Waals surface area (Å²) in [5, 5.41) is 2.67. The molecule has 0 aliphatic carbocycles. The monoisotopic (exact) mass is 625 g/mol. The molecule has 0 saturated carbocycles. The third kappa shape index (κ3) is 5.85. The molecule has 0 bridgehead atoms. The van der Waals surface area contributed by atoms with Crippen LogP contribution in [0.1, 0.15) is 12.8 Å². The van der Waals surface area contributed by atoms with Gasteiger partial charge in [-0.2, -0.15) is 4.31 Å². The predicted octanol–water partition coefficient (Wildman–Crippen LogP) is 3.91. The minimum atomic E-state index is -4.00. The van der Waals surface area contributed by atoms with Gasteiger partial charge in [-0.15, -0.1) is 0 Å². The lowest BCUT2D eigenvalue weighted by Crippen LogP contribution is -2.38. The smallest absolute Gasteiger partial charge is 0.264 e. The van der Waals surface area contributed by atoms with Gasteiger partial charge in [-0.05, 0) is 96.1 Å². The Morgan fingerprint density at radius 3 is 2.03 bits per heavy atom. The number of sulfonamides is 2. The molecule has 1 aliphatic rings. The summed E-state index contributed by atoms with van der Waals surface area (Å²) in [6.45, 7) is 0.557. The molecule has 0 unspecified atom stereocenters. The lowest BCUT2D eigenvalue weighted by Gasteiger charge is -2.24. The Hall–Kier alpha value is -2.48. The first-order valence-corrected chi connectivity index (χ1v) is 14.9. The highest BCUT2D eigenvalue weighted by Gasteiger charge is 2.28. The largest absolute Gasteiger partial charge is 0.325 e. The van der Waals surface area contributed by atoms with Crippen molar-refractivity contribution in [3.8, 4) is 0 Å². The lowest BCUT2D eigenvalue weighted by atomic mass is 10.3. The van der Waals surface area contributed by atoms with Gasteiger partial charge >= 0.3 is 0 Å². The summed E-state index contributed by atoms with van der Waals surface area (Å²) < 4.78 is 55.6. The van der Waals surface area contributed by atoms with Gasteiger partial charge in [0.25, 0.3) is 10.0 Å². The van der Waals surface area contributed by atoms with E-state index in [0.29, 0.717) is 24.5 Å². The molecule has 3 aromatic carbocycles. The SMILES string of the molecule is O=C(CN(c1ccc(I)cc1)S(=O)(=O)c1ccccc1)Nc1ccc(S(=O)(=O)N2CCCC2)cc1. The van der Waals surface area contributed by atoms with Crippen LogP contribution in [0.4, 0.5) is 11.4 Å². The molecule has 1 amide bonds. The third-order valence-corrected chi connectivity index (χ3v) is 9.99. The maximum Gasteiger partial charge on any atom is 0.264 e. The number of carbonyl (C=O) groups excluding carboxylic acids is 1. The Labute approximate surface area is 219 Å². The molecule has 0 spiro atoms. The Bertz CT molecular complexity index is 1390. The minimum Gasteiger partial charge on any atom is -0.325 e. The van der Waals surface area contributed by atoms with Crippen LogP contribution in [0.2, 0.25) is 0 Å². The number of amides is 1. The van der Waals surface area contributed by atoms with Crippen LogP contribution in [-0.4, -0.2) is 46.7 Å². The molecule has 0 atom stereocenters. The topological polar surface area (TPSA) is 104 Å². The molecular weight excluding hydrogens is 601 g/mol. The van der Waals surface area contributed by atoms with Crippen molar-refractivity contribution in [3.63, 3.8) is 0 Å². The van der Waals surface area contributed by atoms with Gasteiger partial charge in [0.2, 0.25) is 15.9 Å². The summed E-state index contributed by atoms with van der Waals surface area (Å²) >= 11 is 2.12. The summed E-state index contributed by atoms with van der Waals surface area (Å²) in [5.74, 6) is -0.557. The number of hydrogen-bond acceptors (Lipinski definition) is 5. The first-order valence-electron chi connectivity index (χ1n) is 10.9. The van der Waals surface area contributed by atoms with E-state index in [-0.39, 0.29) is 9.79 Å². The van der Waals surface area contributed by atoms with E-state index in [4.69, 9.17) is 0 Å². The number of benzene rings is 3. The number of nitrogens with one attached hydrogen (secondary N) is 1. The first kappa shape index (κ1) is 25.6. The average molecular weight is 626 g/mol. The van der Waals surface area contributed by atoms with Crippen LogP contribution in [0.25, 0.3) is 0 Å². The molecule has 3 aromatic rings. The van der Waals surface area contributed by atoms with E-state index in [9.17, 15) is 21.6 Å². The summed E-state index contributed by atoms with van der Waals surface area (Å²) in [6, 6.07) is 20.6. The highest BCUT2D eigenvalue weighted by Crippen LogP contribution is 2.25. The number of rotatable bonds is 8. The average Bonchev–Trinajstić information content (AvgIpc) is 3.40. The molecule has 1 N–H and O–H groups in total. The zero-order chi connectivity index (χ0) is 25.1. The van der Waals surface area contributed by atoms with Gasteiger partial charge < -0.3 is 5.32 Å². The van der Waals surface area contributed by atoms with Crippen molar-refractivity contribution in [3.05, 3.63) is 82.4 Å². The van der Waals surface area contributed by atoms with Crippen LogP contribution < -0.4 is 9.62 Å². The van der Waals surface area contributed by atoms with E-state index in [1.54, 1.807) is 42.5 Å². The minimum absolute atomic E-state index is 0.0721. The fourth-order valence-electron chi connectivity index (χ4n) is 3.76. The van der Waals surface area contributed by atoms with E-state index < -0.39 is 32.5 Å². The second-order valence-corrected chi connectivity index (χ2v) is 13.0. The fraction of sp³-hybridized carbons (Fsp3) is 0.208. The molecule has 184 valence electrons. The van der Waals surface area contributed by atoms with Crippen LogP contribution in [0.3, 0.4) is 0 Å². The normalized spacial score (nSPS) is 14.5. The second kappa shape index (κ2) is 10.6. The van der Waals surface area contributed by atoms with Crippen molar-refractivity contribution in [2.75, 3.05) is 29.3 Å². The van der Waals surface area contributed by atoms with Gasteiger partial charge in [-0.1, -0.05) is 18.2 Å². The maximum atomic E-state index is 13.4. The number of nitrogens with zero attached hydrogens (tertiary/aromatic N) is 2. The van der Waals surface area contributed by atoms with Gasteiger partial charge in [-0.25, -0.2) is 16.8 Å². The van der Waals surface area contributed by atoms with Gasteiger partial charge in [-0.3, -0.25) is 9.10 Å². The van der Waals surface area contributed by atoms with Crippen molar-refractivity contribution in [2.45, 2.75) is 22.6 Å². The summed E-state index contributed by atoms with van der Waals surface area (Å²) in [4.78, 5) is 13.1. The molecule has 35 heavy (non-hydrogen) atoms. The van der Waals surface area contributed by atoms with Crippen LogP contribution in [0.15, 0.2) is 88.7 Å². The standard InChI is InChI=1S/C24H24IN3O5S2/c25-19-8-12-21(13-9-19)28(35(32,33)22-6-2-1-3-7-22)18-24(29)26-20-10-14-23(15-11-20)34(30,31)27-16-4-5-17-27/h1-3,6-15H,4-5,16-18H2,(H,26,29). The highest BCUT2D eigenvalue weighted by atomic mass is 127. The Morgan fingerprint density at radius 2 is 1.43 bits per heavy atom. The van der Waals surface area contributed by atoms with Crippen molar-refractivity contribution >= 4 is 59.9 Å². The molecule has 1 heterocycles. The van der Waals surface area contributed by atoms with E-state index in [1.165, 1.54) is 40.7 Å². The van der Waals surface area contributed by atoms with Gasteiger partial charge in [0.15, 0.2) is 0 Å². The maximum absolute atomic E-state index is 13.4. The molecule has 11 heteroatoms. The van der Waals surface area contributed by atoms with E-state index in [2.05, 4.69) is 27.9 Å². The quantitative estimate of drug-likeness (QED) is 0.383. The summed E-state index contributed by atoms with van der Waals surface area (Å²) in [7, 11) is -7.56. The molecule has 1 saturated heterocycles. The zero-order valence-corrected chi connectivity index (χ0v) is 22.5. The first-order chi connectivity index (χ1) is 16.7. The van der Waals surface area contributed by atoms with Crippen LogP contribution in [0, 0.1) is 3.57 Å². The molecule has 1 fully saturated rings. The summed E-state index contributed by atoms with van der Waals surface area (Å²) in [6.07, 6.45) is 1.69. The number of carbonyl (C=O) groups is 1. The van der Waals surface area contributed by atoms with Crippen LogP contribution >= 0.6 is 22.6 Å². The van der Waals surface area contributed by atoms with Gasteiger partial charge in [0.1, 0.15) is 6.54 Å².